The van der Waals surface area contributed by atoms with Crippen LogP contribution in [0.1, 0.15) is 27.9 Å². The molecular formula is C16H15N3O3S. The van der Waals surface area contributed by atoms with Crippen LogP contribution in [0.5, 0.6) is 0 Å². The molecule has 1 N–H and O–H groups in total. The maximum absolute atomic E-state index is 12.4. The van der Waals surface area contributed by atoms with E-state index in [1.165, 1.54) is 11.3 Å². The van der Waals surface area contributed by atoms with Crippen molar-refractivity contribution < 1.29 is 14.3 Å². The van der Waals surface area contributed by atoms with Crippen molar-refractivity contribution in [2.24, 2.45) is 7.05 Å². The summed E-state index contributed by atoms with van der Waals surface area (Å²) in [4.78, 5) is 28.1. The number of carbonyl (C=O) groups is 2. The summed E-state index contributed by atoms with van der Waals surface area (Å²) in [5, 5.41) is 5.64. The van der Waals surface area contributed by atoms with Crippen molar-refractivity contribution in [1.29, 1.82) is 0 Å². The third-order valence-corrected chi connectivity index (χ3v) is 4.15. The Bertz CT molecular complexity index is 882. The van der Waals surface area contributed by atoms with E-state index in [4.69, 9.17) is 4.74 Å². The number of ether oxygens (including phenoxy) is 1. The first-order valence-corrected chi connectivity index (χ1v) is 7.96. The molecule has 0 atom stereocenters. The molecule has 118 valence electrons. The molecule has 2 heterocycles. The number of nitrogens with one attached hydrogen (secondary N) is 1. The van der Waals surface area contributed by atoms with Crippen molar-refractivity contribution >= 4 is 39.2 Å². The van der Waals surface area contributed by atoms with Crippen molar-refractivity contribution in [3.8, 4) is 0 Å². The van der Waals surface area contributed by atoms with E-state index in [1.807, 2.05) is 41.9 Å². The Morgan fingerprint density at radius 3 is 2.87 bits per heavy atom. The van der Waals surface area contributed by atoms with Crippen LogP contribution in [-0.2, 0) is 11.8 Å². The molecule has 0 aliphatic rings. The van der Waals surface area contributed by atoms with Gasteiger partial charge in [0.1, 0.15) is 5.69 Å². The Labute approximate surface area is 136 Å². The first-order chi connectivity index (χ1) is 11.1. The zero-order valence-electron chi connectivity index (χ0n) is 12.7. The van der Waals surface area contributed by atoms with E-state index in [0.29, 0.717) is 10.8 Å². The fourth-order valence-electron chi connectivity index (χ4n) is 2.30. The average Bonchev–Trinajstić information content (AvgIpc) is 3.13. The molecule has 1 amide bonds. The molecule has 0 radical (unpaired) electrons. The van der Waals surface area contributed by atoms with E-state index in [1.54, 1.807) is 12.3 Å². The molecule has 0 bridgehead atoms. The number of para-hydroxylation sites is 1. The highest BCUT2D eigenvalue weighted by Crippen LogP contribution is 2.21. The van der Waals surface area contributed by atoms with Crippen LogP contribution in [0, 0.1) is 0 Å². The normalized spacial score (nSPS) is 10.7. The number of esters is 1. The van der Waals surface area contributed by atoms with Crippen molar-refractivity contribution in [3.05, 3.63) is 47.1 Å². The third kappa shape index (κ3) is 2.95. The monoisotopic (exact) mass is 329 g/mol. The molecule has 6 nitrogen and oxygen atoms in total. The van der Waals surface area contributed by atoms with Gasteiger partial charge in [0.2, 0.25) is 0 Å². The highest BCUT2D eigenvalue weighted by atomic mass is 32.1. The van der Waals surface area contributed by atoms with Crippen LogP contribution in [0.2, 0.25) is 0 Å². The van der Waals surface area contributed by atoms with Gasteiger partial charge in [-0.3, -0.25) is 10.1 Å². The van der Waals surface area contributed by atoms with Crippen molar-refractivity contribution in [2.45, 2.75) is 6.92 Å². The summed E-state index contributed by atoms with van der Waals surface area (Å²) in [7, 11) is 1.84. The van der Waals surface area contributed by atoms with Gasteiger partial charge >= 0.3 is 5.97 Å². The maximum Gasteiger partial charge on any atom is 0.357 e. The van der Waals surface area contributed by atoms with Crippen LogP contribution in [0.15, 0.2) is 35.7 Å². The summed E-state index contributed by atoms with van der Waals surface area (Å²) in [6, 6.07) is 9.58. The van der Waals surface area contributed by atoms with Crippen LogP contribution in [0.25, 0.3) is 10.9 Å². The lowest BCUT2D eigenvalue weighted by molar-refractivity contribution is 0.0520. The van der Waals surface area contributed by atoms with E-state index >= 15 is 0 Å². The molecule has 3 rings (SSSR count). The molecule has 0 unspecified atom stereocenters. The van der Waals surface area contributed by atoms with Gasteiger partial charge in [0.15, 0.2) is 10.8 Å². The smallest absolute Gasteiger partial charge is 0.357 e. The molecule has 0 saturated carbocycles. The van der Waals surface area contributed by atoms with Gasteiger partial charge in [-0.1, -0.05) is 18.2 Å². The number of hydrogen-bond acceptors (Lipinski definition) is 5. The topological polar surface area (TPSA) is 73.2 Å². The number of nitrogens with zero attached hydrogens (tertiary/aromatic N) is 2. The van der Waals surface area contributed by atoms with Gasteiger partial charge in [0.25, 0.3) is 5.91 Å². The Morgan fingerprint density at radius 2 is 2.13 bits per heavy atom. The summed E-state index contributed by atoms with van der Waals surface area (Å²) >= 11 is 1.19. The van der Waals surface area contributed by atoms with Crippen LogP contribution in [0.4, 0.5) is 5.13 Å². The minimum atomic E-state index is -0.492. The second-order valence-corrected chi connectivity index (χ2v) is 5.72. The van der Waals surface area contributed by atoms with Crippen LogP contribution in [-0.4, -0.2) is 28.0 Å². The highest BCUT2D eigenvalue weighted by Gasteiger charge is 2.16. The molecule has 23 heavy (non-hydrogen) atoms. The summed E-state index contributed by atoms with van der Waals surface area (Å²) in [5.41, 5.74) is 1.70. The van der Waals surface area contributed by atoms with Crippen molar-refractivity contribution in [3.63, 3.8) is 0 Å². The number of aryl methyl sites for hydroxylation is 1. The lowest BCUT2D eigenvalue weighted by Gasteiger charge is -2.03. The van der Waals surface area contributed by atoms with Crippen LogP contribution in [0.3, 0.4) is 0 Å². The number of hydrogen-bond donors (Lipinski definition) is 1. The summed E-state index contributed by atoms with van der Waals surface area (Å²) in [5.74, 6) is -0.762. The Hall–Kier alpha value is -2.67. The lowest BCUT2D eigenvalue weighted by atomic mass is 10.2. The molecule has 7 heteroatoms. The number of anilines is 1. The summed E-state index contributed by atoms with van der Waals surface area (Å²) in [6.07, 6.45) is 0. The number of rotatable bonds is 4. The van der Waals surface area contributed by atoms with Crippen LogP contribution >= 0.6 is 11.3 Å². The number of fused-ring (bicyclic) bond motifs is 1. The standard InChI is InChI=1S/C16H15N3O3S/c1-3-22-15(21)11-9-23-16(17-11)18-14(20)13-8-10-6-4-5-7-12(10)19(13)2/h4-9H,3H2,1-2H3,(H,17,18,20). The Balaban J connectivity index is 1.81. The van der Waals surface area contributed by atoms with Gasteiger partial charge < -0.3 is 9.30 Å². The molecule has 0 spiro atoms. The van der Waals surface area contributed by atoms with E-state index in [9.17, 15) is 9.59 Å². The number of aromatic nitrogens is 2. The second kappa shape index (κ2) is 6.21. The molecular weight excluding hydrogens is 314 g/mol. The SMILES string of the molecule is CCOC(=O)c1csc(NC(=O)c2cc3ccccc3n2C)n1. The molecule has 2 aromatic heterocycles. The van der Waals surface area contributed by atoms with E-state index in [2.05, 4.69) is 10.3 Å². The molecule has 3 aromatic rings. The van der Waals surface area contributed by atoms with Crippen molar-refractivity contribution in [1.82, 2.24) is 9.55 Å². The predicted molar refractivity (Wildman–Crippen MR) is 88.9 cm³/mol. The molecule has 0 aliphatic carbocycles. The molecule has 0 fully saturated rings. The summed E-state index contributed by atoms with van der Waals surface area (Å²) < 4.78 is 6.70. The molecule has 0 saturated heterocycles. The second-order valence-electron chi connectivity index (χ2n) is 4.86. The van der Waals surface area contributed by atoms with E-state index in [0.717, 1.165) is 10.9 Å². The number of benzene rings is 1. The minimum absolute atomic E-state index is 0.198. The number of amides is 1. The number of carbonyl (C=O) groups excluding carboxylic acids is 2. The largest absolute Gasteiger partial charge is 0.461 e. The zero-order chi connectivity index (χ0) is 16.4. The first kappa shape index (κ1) is 15.2. The van der Waals surface area contributed by atoms with Gasteiger partial charge in [0.05, 0.1) is 6.61 Å². The predicted octanol–water partition coefficient (Wildman–Crippen LogP) is 3.06. The zero-order valence-corrected chi connectivity index (χ0v) is 13.5. The third-order valence-electron chi connectivity index (χ3n) is 3.39. The average molecular weight is 329 g/mol. The lowest BCUT2D eigenvalue weighted by Crippen LogP contribution is -2.15. The van der Waals surface area contributed by atoms with Gasteiger partial charge in [0, 0.05) is 23.3 Å². The van der Waals surface area contributed by atoms with Gasteiger partial charge in [-0.25, -0.2) is 9.78 Å². The number of thiazole rings is 1. The first-order valence-electron chi connectivity index (χ1n) is 7.08. The maximum atomic E-state index is 12.4. The van der Waals surface area contributed by atoms with Gasteiger partial charge in [-0.15, -0.1) is 11.3 Å². The Kier molecular flexibility index (Phi) is 4.12. The fourth-order valence-corrected chi connectivity index (χ4v) is 2.97. The fraction of sp³-hybridized carbons (Fsp3) is 0.188. The molecule has 0 aliphatic heterocycles. The van der Waals surface area contributed by atoms with Crippen molar-refractivity contribution in [2.75, 3.05) is 11.9 Å². The highest BCUT2D eigenvalue weighted by molar-refractivity contribution is 7.14. The van der Waals surface area contributed by atoms with Crippen LogP contribution < -0.4 is 5.32 Å². The van der Waals surface area contributed by atoms with Gasteiger partial charge in [-0.05, 0) is 19.1 Å². The Morgan fingerprint density at radius 1 is 1.35 bits per heavy atom. The quantitative estimate of drug-likeness (QED) is 0.747. The van der Waals surface area contributed by atoms with E-state index < -0.39 is 5.97 Å². The molecule has 1 aromatic carbocycles. The van der Waals surface area contributed by atoms with Gasteiger partial charge in [-0.2, -0.15) is 0 Å². The summed E-state index contributed by atoms with van der Waals surface area (Å²) in [6.45, 7) is 2.01. The van der Waals surface area contributed by atoms with E-state index in [-0.39, 0.29) is 18.2 Å². The minimum Gasteiger partial charge on any atom is -0.461 e.